The molecule has 3 heteroatoms. The number of hydrogen-bond acceptors (Lipinski definition) is 1. The van der Waals surface area contributed by atoms with Crippen molar-refractivity contribution < 1.29 is 4.79 Å². The molecule has 0 aliphatic carbocycles. The van der Waals surface area contributed by atoms with Crippen LogP contribution in [0.4, 0.5) is 4.79 Å². The molecule has 0 radical (unpaired) electrons. The maximum atomic E-state index is 11.2. The van der Waals surface area contributed by atoms with Crippen LogP contribution in [0.15, 0.2) is 0 Å². The zero-order valence-corrected chi connectivity index (χ0v) is 7.97. The molecule has 0 aromatic heterocycles. The van der Waals surface area contributed by atoms with Crippen molar-refractivity contribution in [3.8, 4) is 0 Å². The molecule has 0 aromatic carbocycles. The lowest BCUT2D eigenvalue weighted by molar-refractivity contribution is 0.201. The molecular weight excluding hydrogens is 152 g/mol. The molecule has 1 heterocycles. The molecule has 70 valence electrons. The number of nitrogens with zero attached hydrogens (tertiary/aromatic N) is 1. The maximum Gasteiger partial charge on any atom is 0.317 e. The summed E-state index contributed by atoms with van der Waals surface area (Å²) in [5.74, 6) is 0.777. The van der Waals surface area contributed by atoms with E-state index < -0.39 is 0 Å². The highest BCUT2D eigenvalue weighted by Crippen LogP contribution is 2.15. The van der Waals surface area contributed by atoms with Crippen LogP contribution in [0, 0.1) is 5.92 Å². The van der Waals surface area contributed by atoms with Crippen molar-refractivity contribution >= 4 is 6.03 Å². The Bertz CT molecular complexity index is 159. The van der Waals surface area contributed by atoms with Gasteiger partial charge in [-0.1, -0.05) is 6.92 Å². The van der Waals surface area contributed by atoms with Crippen molar-refractivity contribution in [3.05, 3.63) is 0 Å². The topological polar surface area (TPSA) is 32.3 Å². The van der Waals surface area contributed by atoms with Crippen molar-refractivity contribution in [2.45, 2.75) is 26.2 Å². The van der Waals surface area contributed by atoms with Gasteiger partial charge in [-0.15, -0.1) is 0 Å². The predicted octanol–water partition coefficient (Wildman–Crippen LogP) is 1.45. The van der Waals surface area contributed by atoms with Crippen LogP contribution in [0.5, 0.6) is 0 Å². The van der Waals surface area contributed by atoms with Gasteiger partial charge in [0, 0.05) is 20.1 Å². The van der Waals surface area contributed by atoms with Crippen molar-refractivity contribution in [2.24, 2.45) is 5.92 Å². The van der Waals surface area contributed by atoms with Crippen molar-refractivity contribution in [1.82, 2.24) is 10.2 Å². The highest BCUT2D eigenvalue weighted by Gasteiger charge is 2.16. The van der Waals surface area contributed by atoms with Crippen molar-refractivity contribution in [1.29, 1.82) is 0 Å². The average molecular weight is 170 g/mol. The molecule has 0 bridgehead atoms. The summed E-state index contributed by atoms with van der Waals surface area (Å²) >= 11 is 0. The summed E-state index contributed by atoms with van der Waals surface area (Å²) < 4.78 is 0. The molecule has 0 saturated carbocycles. The van der Waals surface area contributed by atoms with Gasteiger partial charge in [-0.3, -0.25) is 0 Å². The average Bonchev–Trinajstić information content (AvgIpc) is 2.29. The van der Waals surface area contributed by atoms with E-state index in [-0.39, 0.29) is 6.03 Å². The van der Waals surface area contributed by atoms with Gasteiger partial charge < -0.3 is 10.2 Å². The number of carbonyl (C=O) groups is 1. The van der Waals surface area contributed by atoms with Crippen LogP contribution < -0.4 is 5.32 Å². The molecular formula is C9H18N2O. The van der Waals surface area contributed by atoms with Crippen LogP contribution in [-0.2, 0) is 0 Å². The first-order chi connectivity index (χ1) is 5.74. The van der Waals surface area contributed by atoms with E-state index in [0.29, 0.717) is 0 Å². The monoisotopic (exact) mass is 170 g/mol. The number of urea groups is 1. The molecule has 2 amide bonds. The zero-order valence-electron chi connectivity index (χ0n) is 7.97. The Balaban J connectivity index is 2.40. The fourth-order valence-corrected chi connectivity index (χ4v) is 1.62. The van der Waals surface area contributed by atoms with E-state index >= 15 is 0 Å². The molecule has 12 heavy (non-hydrogen) atoms. The summed E-state index contributed by atoms with van der Waals surface area (Å²) in [6.45, 7) is 4.10. The number of hydrogen-bond donors (Lipinski definition) is 1. The molecule has 3 nitrogen and oxygen atoms in total. The van der Waals surface area contributed by atoms with Gasteiger partial charge in [-0.2, -0.15) is 0 Å². The second-order valence-electron chi connectivity index (χ2n) is 3.58. The number of likely N-dealkylation sites (tertiary alicyclic amines) is 1. The Morgan fingerprint density at radius 1 is 1.42 bits per heavy atom. The smallest absolute Gasteiger partial charge is 0.317 e. The van der Waals surface area contributed by atoms with E-state index in [9.17, 15) is 4.79 Å². The molecule has 1 saturated heterocycles. The summed E-state index contributed by atoms with van der Waals surface area (Å²) in [6.07, 6.45) is 3.55. The van der Waals surface area contributed by atoms with E-state index in [1.165, 1.54) is 6.42 Å². The molecule has 1 unspecified atom stereocenters. The molecule has 1 rings (SSSR count). The van der Waals surface area contributed by atoms with E-state index in [1.54, 1.807) is 7.05 Å². The molecule has 0 aromatic rings. The summed E-state index contributed by atoms with van der Waals surface area (Å²) in [7, 11) is 1.69. The van der Waals surface area contributed by atoms with Gasteiger partial charge in [0.25, 0.3) is 0 Å². The largest absolute Gasteiger partial charge is 0.341 e. The number of amides is 2. The Kier molecular flexibility index (Phi) is 3.38. The first kappa shape index (κ1) is 9.36. The lowest BCUT2D eigenvalue weighted by Crippen LogP contribution is -2.38. The van der Waals surface area contributed by atoms with E-state index in [0.717, 1.165) is 31.8 Å². The molecule has 1 aliphatic heterocycles. The van der Waals surface area contributed by atoms with Crippen LogP contribution in [-0.4, -0.2) is 31.1 Å². The van der Waals surface area contributed by atoms with Crippen LogP contribution in [0.1, 0.15) is 26.2 Å². The number of carbonyl (C=O) groups excluding carboxylic acids is 1. The Labute approximate surface area is 74.1 Å². The van der Waals surface area contributed by atoms with Gasteiger partial charge >= 0.3 is 6.03 Å². The lowest BCUT2D eigenvalue weighted by atomic mass is 10.0. The van der Waals surface area contributed by atoms with Crippen molar-refractivity contribution in [3.63, 3.8) is 0 Å². The van der Waals surface area contributed by atoms with E-state index in [2.05, 4.69) is 12.2 Å². The Morgan fingerprint density at radius 3 is 2.83 bits per heavy atom. The van der Waals surface area contributed by atoms with Gasteiger partial charge in [0.1, 0.15) is 0 Å². The Morgan fingerprint density at radius 2 is 2.17 bits per heavy atom. The fraction of sp³-hybridized carbons (Fsp3) is 0.889. The minimum atomic E-state index is 0.0732. The first-order valence-corrected chi connectivity index (χ1v) is 4.70. The second kappa shape index (κ2) is 4.33. The van der Waals surface area contributed by atoms with E-state index in [1.807, 2.05) is 4.90 Å². The maximum absolute atomic E-state index is 11.2. The summed E-state index contributed by atoms with van der Waals surface area (Å²) in [5.41, 5.74) is 0. The number of nitrogens with one attached hydrogen (secondary N) is 1. The second-order valence-corrected chi connectivity index (χ2v) is 3.58. The van der Waals surface area contributed by atoms with Gasteiger partial charge in [-0.25, -0.2) is 4.79 Å². The van der Waals surface area contributed by atoms with Gasteiger partial charge in [0.05, 0.1) is 0 Å². The lowest BCUT2D eigenvalue weighted by Gasteiger charge is -2.19. The minimum absolute atomic E-state index is 0.0732. The zero-order chi connectivity index (χ0) is 8.97. The van der Waals surface area contributed by atoms with E-state index in [4.69, 9.17) is 0 Å². The first-order valence-electron chi connectivity index (χ1n) is 4.70. The number of rotatable bonds is 0. The van der Waals surface area contributed by atoms with Gasteiger partial charge in [-0.05, 0) is 25.2 Å². The quantitative estimate of drug-likeness (QED) is 0.586. The molecule has 0 spiro atoms. The fourth-order valence-electron chi connectivity index (χ4n) is 1.62. The Hall–Kier alpha value is -0.730. The van der Waals surface area contributed by atoms with Crippen LogP contribution in [0.3, 0.4) is 0 Å². The van der Waals surface area contributed by atoms with Gasteiger partial charge in [0.15, 0.2) is 0 Å². The highest BCUT2D eigenvalue weighted by molar-refractivity contribution is 5.73. The summed E-state index contributed by atoms with van der Waals surface area (Å²) in [5, 5.41) is 2.66. The standard InChI is InChI=1S/C9H18N2O/c1-8-4-3-6-11(7-5-8)9(12)10-2/h8H,3-7H2,1-2H3,(H,10,12). The van der Waals surface area contributed by atoms with Crippen LogP contribution in [0.2, 0.25) is 0 Å². The normalized spacial score (nSPS) is 24.8. The predicted molar refractivity (Wildman–Crippen MR) is 49.0 cm³/mol. The molecule has 1 fully saturated rings. The molecule has 1 aliphatic rings. The summed E-state index contributed by atoms with van der Waals surface area (Å²) in [4.78, 5) is 13.1. The minimum Gasteiger partial charge on any atom is -0.341 e. The van der Waals surface area contributed by atoms with Crippen molar-refractivity contribution in [2.75, 3.05) is 20.1 Å². The van der Waals surface area contributed by atoms with Gasteiger partial charge in [0.2, 0.25) is 0 Å². The third-order valence-electron chi connectivity index (χ3n) is 2.52. The molecule has 1 atom stereocenters. The highest BCUT2D eigenvalue weighted by atomic mass is 16.2. The molecule has 1 N–H and O–H groups in total. The van der Waals surface area contributed by atoms with Crippen LogP contribution in [0.25, 0.3) is 0 Å². The SMILES string of the molecule is CNC(=O)N1CCCC(C)CC1. The third kappa shape index (κ3) is 2.40. The van der Waals surface area contributed by atoms with Crippen LogP contribution >= 0.6 is 0 Å². The summed E-state index contributed by atoms with van der Waals surface area (Å²) in [6, 6.07) is 0.0732. The third-order valence-corrected chi connectivity index (χ3v) is 2.52.